The molecule has 0 atom stereocenters. The highest BCUT2D eigenvalue weighted by molar-refractivity contribution is 5.82. The van der Waals surface area contributed by atoms with Gasteiger partial charge < -0.3 is 5.73 Å². The van der Waals surface area contributed by atoms with Crippen molar-refractivity contribution in [3.05, 3.63) is 35.6 Å². The van der Waals surface area contributed by atoms with Crippen LogP contribution >= 0.6 is 0 Å². The zero-order valence-electron chi connectivity index (χ0n) is 12.1. The molecule has 5 heteroatoms. The molecule has 0 unspecified atom stereocenters. The van der Waals surface area contributed by atoms with Crippen molar-refractivity contribution in [1.29, 1.82) is 0 Å². The highest BCUT2D eigenvalue weighted by Gasteiger charge is 2.21. The molecule has 1 heterocycles. The van der Waals surface area contributed by atoms with Gasteiger partial charge in [0.25, 0.3) is 0 Å². The average Bonchev–Trinajstić information content (AvgIpc) is 2.43. The Labute approximate surface area is 124 Å². The van der Waals surface area contributed by atoms with Crippen molar-refractivity contribution in [2.75, 3.05) is 19.6 Å². The van der Waals surface area contributed by atoms with Crippen LogP contribution in [-0.4, -0.2) is 36.2 Å². The highest BCUT2D eigenvalue weighted by atomic mass is 19.1. The first-order chi connectivity index (χ1) is 10.0. The number of hydrogen-bond acceptors (Lipinski definition) is 3. The summed E-state index contributed by atoms with van der Waals surface area (Å²) in [5.41, 5.74) is 6.04. The molecular weight excluding hydrogens is 271 g/mol. The lowest BCUT2D eigenvalue weighted by Crippen LogP contribution is -2.38. The number of hydrogen-bond donors (Lipinski definition) is 1. The molecule has 1 amide bonds. The van der Waals surface area contributed by atoms with E-state index in [0.29, 0.717) is 25.3 Å². The summed E-state index contributed by atoms with van der Waals surface area (Å²) in [6.45, 7) is 2.07. The van der Waals surface area contributed by atoms with Crippen molar-refractivity contribution >= 4 is 11.7 Å². The molecule has 1 aliphatic rings. The minimum atomic E-state index is -0.289. The molecule has 1 aromatic rings. The van der Waals surface area contributed by atoms with E-state index in [4.69, 9.17) is 5.73 Å². The van der Waals surface area contributed by atoms with Gasteiger partial charge in [-0.3, -0.25) is 14.5 Å². The van der Waals surface area contributed by atoms with Gasteiger partial charge in [0.05, 0.1) is 6.54 Å². The Morgan fingerprint density at radius 2 is 1.81 bits per heavy atom. The summed E-state index contributed by atoms with van der Waals surface area (Å²) in [6, 6.07) is 6.04. The van der Waals surface area contributed by atoms with E-state index < -0.39 is 0 Å². The van der Waals surface area contributed by atoms with Gasteiger partial charge in [0, 0.05) is 12.8 Å². The van der Waals surface area contributed by atoms with Crippen molar-refractivity contribution in [2.45, 2.75) is 25.7 Å². The second-order valence-corrected chi connectivity index (χ2v) is 5.73. The maximum Gasteiger partial charge on any atom is 0.217 e. The molecule has 0 aromatic heterocycles. The number of piperidine rings is 1. The van der Waals surface area contributed by atoms with E-state index >= 15 is 0 Å². The maximum absolute atomic E-state index is 12.8. The van der Waals surface area contributed by atoms with E-state index in [-0.39, 0.29) is 17.5 Å². The standard InChI is InChI=1S/C16H21FN2O2/c17-14-3-1-12(2-4-14)9-15(20)11-19-7-5-13(6-8-19)10-16(18)21/h1-4,13H,5-11H2,(H2,18,21). The summed E-state index contributed by atoms with van der Waals surface area (Å²) in [5, 5.41) is 0. The Morgan fingerprint density at radius 1 is 1.19 bits per heavy atom. The molecule has 1 fully saturated rings. The van der Waals surface area contributed by atoms with Crippen LogP contribution in [-0.2, 0) is 16.0 Å². The van der Waals surface area contributed by atoms with Gasteiger partial charge in [-0.25, -0.2) is 4.39 Å². The number of Topliss-reactive ketones (excluding diaryl/α,β-unsaturated/α-hetero) is 1. The van der Waals surface area contributed by atoms with E-state index in [1.807, 2.05) is 0 Å². The van der Waals surface area contributed by atoms with Crippen molar-refractivity contribution in [3.63, 3.8) is 0 Å². The number of benzene rings is 1. The van der Waals surface area contributed by atoms with Crippen LogP contribution in [0, 0.1) is 11.7 Å². The van der Waals surface area contributed by atoms with Gasteiger partial charge in [0.2, 0.25) is 5.91 Å². The molecule has 21 heavy (non-hydrogen) atoms. The Kier molecular flexibility index (Phi) is 5.44. The van der Waals surface area contributed by atoms with E-state index in [1.54, 1.807) is 12.1 Å². The second kappa shape index (κ2) is 7.31. The smallest absolute Gasteiger partial charge is 0.217 e. The molecule has 1 saturated heterocycles. The second-order valence-electron chi connectivity index (χ2n) is 5.73. The molecule has 0 bridgehead atoms. The SMILES string of the molecule is NC(=O)CC1CCN(CC(=O)Cc2ccc(F)cc2)CC1. The van der Waals surface area contributed by atoms with Crippen LogP contribution in [0.4, 0.5) is 4.39 Å². The number of halogens is 1. The summed E-state index contributed by atoms with van der Waals surface area (Å²) in [6.07, 6.45) is 2.60. The van der Waals surface area contributed by atoms with Crippen molar-refractivity contribution < 1.29 is 14.0 Å². The minimum Gasteiger partial charge on any atom is -0.370 e. The maximum atomic E-state index is 12.8. The molecule has 0 aliphatic carbocycles. The first-order valence-corrected chi connectivity index (χ1v) is 7.29. The molecule has 0 radical (unpaired) electrons. The third kappa shape index (κ3) is 5.27. The van der Waals surface area contributed by atoms with Crippen molar-refractivity contribution in [2.24, 2.45) is 11.7 Å². The Hall–Kier alpha value is -1.75. The quantitative estimate of drug-likeness (QED) is 0.864. The van der Waals surface area contributed by atoms with Crippen LogP contribution in [0.25, 0.3) is 0 Å². The zero-order chi connectivity index (χ0) is 15.2. The molecule has 0 saturated carbocycles. The summed E-state index contributed by atoms with van der Waals surface area (Å²) in [7, 11) is 0. The first kappa shape index (κ1) is 15.6. The number of carbonyl (C=O) groups excluding carboxylic acids is 2. The minimum absolute atomic E-state index is 0.134. The fraction of sp³-hybridized carbons (Fsp3) is 0.500. The summed E-state index contributed by atoms with van der Waals surface area (Å²) >= 11 is 0. The van der Waals surface area contributed by atoms with Gasteiger partial charge in [-0.2, -0.15) is 0 Å². The van der Waals surface area contributed by atoms with Crippen LogP contribution in [0.1, 0.15) is 24.8 Å². The van der Waals surface area contributed by atoms with E-state index in [2.05, 4.69) is 4.90 Å². The molecule has 0 spiro atoms. The number of ketones is 1. The van der Waals surface area contributed by atoms with Crippen molar-refractivity contribution in [3.8, 4) is 0 Å². The normalized spacial score (nSPS) is 16.8. The third-order valence-electron chi connectivity index (χ3n) is 3.91. The molecule has 1 aliphatic heterocycles. The molecule has 4 nitrogen and oxygen atoms in total. The lowest BCUT2D eigenvalue weighted by atomic mass is 9.93. The van der Waals surface area contributed by atoms with Gasteiger partial charge >= 0.3 is 0 Å². The molecule has 2 rings (SSSR count). The van der Waals surface area contributed by atoms with E-state index in [0.717, 1.165) is 31.5 Å². The van der Waals surface area contributed by atoms with Crippen LogP contribution in [0.15, 0.2) is 24.3 Å². The Morgan fingerprint density at radius 3 is 2.38 bits per heavy atom. The molecular formula is C16H21FN2O2. The number of carbonyl (C=O) groups is 2. The van der Waals surface area contributed by atoms with Gasteiger partial charge in [-0.15, -0.1) is 0 Å². The molecule has 2 N–H and O–H groups in total. The Balaban J connectivity index is 1.74. The fourth-order valence-corrected chi connectivity index (χ4v) is 2.77. The number of nitrogens with zero attached hydrogens (tertiary/aromatic N) is 1. The molecule has 1 aromatic carbocycles. The summed E-state index contributed by atoms with van der Waals surface area (Å²) in [4.78, 5) is 25.0. The number of rotatable bonds is 6. The number of amides is 1. The van der Waals surface area contributed by atoms with Gasteiger partial charge in [-0.05, 0) is 49.5 Å². The van der Waals surface area contributed by atoms with Gasteiger partial charge in [-0.1, -0.05) is 12.1 Å². The van der Waals surface area contributed by atoms with Gasteiger partial charge in [0.15, 0.2) is 5.78 Å². The number of nitrogens with two attached hydrogens (primary N) is 1. The summed E-state index contributed by atoms with van der Waals surface area (Å²) in [5.74, 6) is -0.0514. The predicted octanol–water partition coefficient (Wildman–Crippen LogP) is 1.52. The van der Waals surface area contributed by atoms with E-state index in [1.165, 1.54) is 12.1 Å². The zero-order valence-corrected chi connectivity index (χ0v) is 12.1. The van der Waals surface area contributed by atoms with E-state index in [9.17, 15) is 14.0 Å². The predicted molar refractivity (Wildman–Crippen MR) is 78.1 cm³/mol. The monoisotopic (exact) mass is 292 g/mol. The lowest BCUT2D eigenvalue weighted by Gasteiger charge is -2.30. The largest absolute Gasteiger partial charge is 0.370 e. The van der Waals surface area contributed by atoms with Crippen molar-refractivity contribution in [1.82, 2.24) is 4.90 Å². The topological polar surface area (TPSA) is 63.4 Å². The highest BCUT2D eigenvalue weighted by Crippen LogP contribution is 2.20. The van der Waals surface area contributed by atoms with Crippen LogP contribution < -0.4 is 5.73 Å². The first-order valence-electron chi connectivity index (χ1n) is 7.29. The Bertz CT molecular complexity index is 494. The number of likely N-dealkylation sites (tertiary alicyclic amines) is 1. The van der Waals surface area contributed by atoms with Crippen LogP contribution in [0.5, 0.6) is 0 Å². The third-order valence-corrected chi connectivity index (χ3v) is 3.91. The molecule has 114 valence electrons. The van der Waals surface area contributed by atoms with Crippen LogP contribution in [0.3, 0.4) is 0 Å². The van der Waals surface area contributed by atoms with Gasteiger partial charge in [0.1, 0.15) is 5.82 Å². The fourth-order valence-electron chi connectivity index (χ4n) is 2.77. The average molecular weight is 292 g/mol. The number of primary amides is 1. The lowest BCUT2D eigenvalue weighted by molar-refractivity contribution is -0.121. The summed E-state index contributed by atoms with van der Waals surface area (Å²) < 4.78 is 12.8. The van der Waals surface area contributed by atoms with Crippen LogP contribution in [0.2, 0.25) is 0 Å².